The van der Waals surface area contributed by atoms with Crippen molar-refractivity contribution in [2.24, 2.45) is 0 Å². The Hall–Kier alpha value is -1.81. The van der Waals surface area contributed by atoms with Gasteiger partial charge >= 0.3 is 5.97 Å². The maximum atomic E-state index is 10.6. The molecule has 0 aliphatic heterocycles. The molecule has 0 radical (unpaired) electrons. The Labute approximate surface area is 101 Å². The standard InChI is InChI=1S/C13H17NO3/c1-2-12(13(15)16)14-17-10-6-9-11-7-4-3-5-8-11/h2-5,7-8,14H,6,9-10H2,1H3,(H,15,16). The van der Waals surface area contributed by atoms with Crippen molar-refractivity contribution in [2.45, 2.75) is 19.8 Å². The van der Waals surface area contributed by atoms with Crippen molar-refractivity contribution in [3.63, 3.8) is 0 Å². The van der Waals surface area contributed by atoms with Crippen molar-refractivity contribution in [2.75, 3.05) is 6.61 Å². The van der Waals surface area contributed by atoms with Crippen LogP contribution in [0.25, 0.3) is 0 Å². The number of nitrogens with one attached hydrogen (secondary N) is 1. The number of aryl methyl sites for hydroxylation is 1. The summed E-state index contributed by atoms with van der Waals surface area (Å²) in [7, 11) is 0. The van der Waals surface area contributed by atoms with E-state index in [1.807, 2.05) is 18.2 Å². The molecule has 0 heterocycles. The molecule has 17 heavy (non-hydrogen) atoms. The van der Waals surface area contributed by atoms with Crippen molar-refractivity contribution in [1.29, 1.82) is 0 Å². The summed E-state index contributed by atoms with van der Waals surface area (Å²) in [5.74, 6) is -1.02. The molecule has 92 valence electrons. The van der Waals surface area contributed by atoms with E-state index < -0.39 is 5.97 Å². The van der Waals surface area contributed by atoms with Crippen LogP contribution in [0.5, 0.6) is 0 Å². The van der Waals surface area contributed by atoms with Gasteiger partial charge < -0.3 is 5.11 Å². The van der Waals surface area contributed by atoms with Gasteiger partial charge in [-0.2, -0.15) is 0 Å². The SMILES string of the molecule is CC=C(NOCCCc1ccccc1)C(=O)O. The minimum absolute atomic E-state index is 0.0599. The fourth-order valence-corrected chi connectivity index (χ4v) is 1.35. The fraction of sp³-hybridized carbons (Fsp3) is 0.308. The van der Waals surface area contributed by atoms with E-state index >= 15 is 0 Å². The highest BCUT2D eigenvalue weighted by Crippen LogP contribution is 2.02. The molecule has 0 saturated heterocycles. The van der Waals surface area contributed by atoms with Crippen molar-refractivity contribution in [1.82, 2.24) is 5.48 Å². The maximum Gasteiger partial charge on any atom is 0.353 e. The molecule has 0 aliphatic rings. The molecule has 1 rings (SSSR count). The van der Waals surface area contributed by atoms with Crippen LogP contribution in [0, 0.1) is 0 Å². The molecule has 0 saturated carbocycles. The summed E-state index contributed by atoms with van der Waals surface area (Å²) in [5.41, 5.74) is 3.73. The van der Waals surface area contributed by atoms with E-state index in [1.165, 1.54) is 11.6 Å². The first-order valence-corrected chi connectivity index (χ1v) is 5.55. The Morgan fingerprint density at radius 1 is 1.41 bits per heavy atom. The number of allylic oxidation sites excluding steroid dienone is 1. The zero-order valence-electron chi connectivity index (χ0n) is 9.85. The summed E-state index contributed by atoms with van der Waals surface area (Å²) in [6, 6.07) is 10.1. The zero-order chi connectivity index (χ0) is 12.5. The van der Waals surface area contributed by atoms with E-state index in [0.29, 0.717) is 6.61 Å². The fourth-order valence-electron chi connectivity index (χ4n) is 1.35. The van der Waals surface area contributed by atoms with Crippen LogP contribution in [0.1, 0.15) is 18.9 Å². The molecule has 0 atom stereocenters. The molecule has 4 heteroatoms. The maximum absolute atomic E-state index is 10.6. The Balaban J connectivity index is 2.15. The van der Waals surface area contributed by atoms with Crippen molar-refractivity contribution in [3.8, 4) is 0 Å². The minimum atomic E-state index is -1.02. The predicted octanol–water partition coefficient (Wildman–Crippen LogP) is 2.13. The third-order valence-electron chi connectivity index (χ3n) is 2.26. The van der Waals surface area contributed by atoms with E-state index in [4.69, 9.17) is 9.94 Å². The van der Waals surface area contributed by atoms with Crippen LogP contribution in [0.2, 0.25) is 0 Å². The van der Waals surface area contributed by atoms with Gasteiger partial charge in [-0.15, -0.1) is 0 Å². The van der Waals surface area contributed by atoms with Crippen LogP contribution in [-0.4, -0.2) is 17.7 Å². The Bertz CT molecular complexity index is 374. The highest BCUT2D eigenvalue weighted by Gasteiger charge is 2.04. The van der Waals surface area contributed by atoms with Gasteiger partial charge in [-0.1, -0.05) is 36.4 Å². The van der Waals surface area contributed by atoms with Gasteiger partial charge in [-0.3, -0.25) is 10.3 Å². The first kappa shape index (κ1) is 13.3. The minimum Gasteiger partial charge on any atom is -0.477 e. The molecular formula is C13H17NO3. The summed E-state index contributed by atoms with van der Waals surface area (Å²) in [6.07, 6.45) is 3.22. The first-order valence-electron chi connectivity index (χ1n) is 5.55. The van der Waals surface area contributed by atoms with E-state index in [9.17, 15) is 4.79 Å². The third kappa shape index (κ3) is 5.17. The van der Waals surface area contributed by atoms with Gasteiger partial charge in [0.15, 0.2) is 0 Å². The number of hydroxylamine groups is 1. The molecule has 1 aromatic rings. The van der Waals surface area contributed by atoms with E-state index in [1.54, 1.807) is 6.92 Å². The second-order valence-corrected chi connectivity index (χ2v) is 3.55. The van der Waals surface area contributed by atoms with Gasteiger partial charge in [0.25, 0.3) is 0 Å². The topological polar surface area (TPSA) is 58.6 Å². The number of carboxylic acid groups (broad SMARTS) is 1. The van der Waals surface area contributed by atoms with Gasteiger partial charge in [-0.25, -0.2) is 4.79 Å². The lowest BCUT2D eigenvalue weighted by atomic mass is 10.1. The average Bonchev–Trinajstić information content (AvgIpc) is 2.34. The molecular weight excluding hydrogens is 218 g/mol. The second kappa shape index (κ2) is 7.46. The lowest BCUT2D eigenvalue weighted by molar-refractivity contribution is -0.134. The number of carbonyl (C=O) groups is 1. The molecule has 2 N–H and O–H groups in total. The van der Waals surface area contributed by atoms with Crippen LogP contribution in [0.15, 0.2) is 42.1 Å². The van der Waals surface area contributed by atoms with Gasteiger partial charge in [0, 0.05) is 0 Å². The smallest absolute Gasteiger partial charge is 0.353 e. The second-order valence-electron chi connectivity index (χ2n) is 3.55. The summed E-state index contributed by atoms with van der Waals surface area (Å²) < 4.78 is 0. The van der Waals surface area contributed by atoms with Crippen molar-refractivity contribution >= 4 is 5.97 Å². The molecule has 0 aliphatic carbocycles. The lowest BCUT2D eigenvalue weighted by Gasteiger charge is -2.06. The molecule has 0 aromatic heterocycles. The molecule has 4 nitrogen and oxygen atoms in total. The van der Waals surface area contributed by atoms with Gasteiger partial charge in [-0.05, 0) is 25.3 Å². The van der Waals surface area contributed by atoms with E-state index in [-0.39, 0.29) is 5.70 Å². The van der Waals surface area contributed by atoms with Crippen molar-refractivity contribution in [3.05, 3.63) is 47.7 Å². The van der Waals surface area contributed by atoms with Gasteiger partial charge in [0.05, 0.1) is 6.61 Å². The number of rotatable bonds is 7. The van der Waals surface area contributed by atoms with Crippen LogP contribution in [-0.2, 0) is 16.1 Å². The Kier molecular flexibility index (Phi) is 5.82. The number of benzene rings is 1. The monoisotopic (exact) mass is 235 g/mol. The van der Waals surface area contributed by atoms with Crippen LogP contribution in [0.3, 0.4) is 0 Å². The third-order valence-corrected chi connectivity index (χ3v) is 2.26. The Morgan fingerprint density at radius 3 is 2.71 bits per heavy atom. The highest BCUT2D eigenvalue weighted by molar-refractivity contribution is 5.85. The molecule has 0 fully saturated rings. The summed E-state index contributed by atoms with van der Waals surface area (Å²) >= 11 is 0. The largest absolute Gasteiger partial charge is 0.477 e. The van der Waals surface area contributed by atoms with Crippen LogP contribution in [0.4, 0.5) is 0 Å². The number of aliphatic carboxylic acids is 1. The van der Waals surface area contributed by atoms with Gasteiger partial charge in [0.2, 0.25) is 0 Å². The Morgan fingerprint density at radius 2 is 2.12 bits per heavy atom. The first-order chi connectivity index (χ1) is 8.24. The molecule has 0 spiro atoms. The van der Waals surface area contributed by atoms with Crippen molar-refractivity contribution < 1.29 is 14.7 Å². The molecule has 0 unspecified atom stereocenters. The number of hydrogen-bond donors (Lipinski definition) is 2. The average molecular weight is 235 g/mol. The van der Waals surface area contributed by atoms with Gasteiger partial charge in [0.1, 0.15) is 5.70 Å². The number of carboxylic acids is 1. The van der Waals surface area contributed by atoms with Crippen LogP contribution < -0.4 is 5.48 Å². The predicted molar refractivity (Wildman–Crippen MR) is 65.2 cm³/mol. The number of hydrogen-bond acceptors (Lipinski definition) is 3. The normalized spacial score (nSPS) is 11.2. The highest BCUT2D eigenvalue weighted by atomic mass is 16.6. The summed E-state index contributed by atoms with van der Waals surface area (Å²) in [4.78, 5) is 15.7. The summed E-state index contributed by atoms with van der Waals surface area (Å²) in [5, 5.41) is 8.70. The molecule has 0 amide bonds. The summed E-state index contributed by atoms with van der Waals surface area (Å²) in [6.45, 7) is 2.11. The molecule has 0 bridgehead atoms. The quantitative estimate of drug-likeness (QED) is 0.432. The van der Waals surface area contributed by atoms with Crippen LogP contribution >= 0.6 is 0 Å². The zero-order valence-corrected chi connectivity index (χ0v) is 9.85. The van der Waals surface area contributed by atoms with E-state index in [2.05, 4.69) is 17.6 Å². The van der Waals surface area contributed by atoms with E-state index in [0.717, 1.165) is 12.8 Å². The molecule has 1 aromatic carbocycles. The lowest BCUT2D eigenvalue weighted by Crippen LogP contribution is -2.21.